The van der Waals surface area contributed by atoms with Crippen molar-refractivity contribution in [2.24, 2.45) is 10.7 Å². The zero-order valence-corrected chi connectivity index (χ0v) is 20.3. The number of hydrogen-bond donors (Lipinski definition) is 3. The normalized spacial score (nSPS) is 17.9. The molecule has 4 aromatic rings. The van der Waals surface area contributed by atoms with Gasteiger partial charge in [-0.15, -0.1) is 11.3 Å². The maximum Gasteiger partial charge on any atom is 0.260 e. The highest BCUT2D eigenvalue weighted by atomic mass is 32.1. The molecule has 0 bridgehead atoms. The number of thiazole rings is 1. The number of aliphatic imine (C=N–C) groups is 1. The number of amidine groups is 1. The molecule has 3 aromatic heterocycles. The molecule has 0 saturated carbocycles. The Balaban J connectivity index is 1.59. The van der Waals surface area contributed by atoms with Gasteiger partial charge in [0.05, 0.1) is 35.4 Å². The maximum absolute atomic E-state index is 15.3. The predicted octanol–water partition coefficient (Wildman–Crippen LogP) is 1.44. The van der Waals surface area contributed by atoms with Crippen molar-refractivity contribution in [2.45, 2.75) is 12.6 Å². The molecule has 1 unspecified atom stereocenters. The van der Waals surface area contributed by atoms with Crippen LogP contribution in [0.15, 0.2) is 40.1 Å². The number of nitrogens with zero attached hydrogens (tertiary/aromatic N) is 4. The lowest BCUT2D eigenvalue weighted by Gasteiger charge is -2.28. The van der Waals surface area contributed by atoms with Crippen LogP contribution in [0.2, 0.25) is 0 Å². The van der Waals surface area contributed by atoms with E-state index in [4.69, 9.17) is 10.5 Å². The summed E-state index contributed by atoms with van der Waals surface area (Å²) in [7, 11) is 0. The molecular formula is C24H24FN7O3S. The summed E-state index contributed by atoms with van der Waals surface area (Å²) in [6.07, 6.45) is 0. The summed E-state index contributed by atoms with van der Waals surface area (Å²) in [6.45, 7) is 4.69. The third-order valence-corrected chi connectivity index (χ3v) is 7.57. The van der Waals surface area contributed by atoms with E-state index in [1.54, 1.807) is 16.2 Å². The van der Waals surface area contributed by atoms with Gasteiger partial charge in [0, 0.05) is 19.6 Å². The fraction of sp³-hybridized carbons (Fsp3) is 0.333. The Kier molecular flexibility index (Phi) is 5.39. The third kappa shape index (κ3) is 3.60. The van der Waals surface area contributed by atoms with Crippen molar-refractivity contribution in [3.05, 3.63) is 51.9 Å². The summed E-state index contributed by atoms with van der Waals surface area (Å²) < 4.78 is 23.3. The van der Waals surface area contributed by atoms with E-state index in [0.29, 0.717) is 55.7 Å². The first-order chi connectivity index (χ1) is 17.3. The van der Waals surface area contributed by atoms with Gasteiger partial charge in [-0.3, -0.25) is 19.0 Å². The SMILES string of the molecule is CC(N)(NC(=O)c1c(=O)c2cc(F)c(N3CCOCC3)nc2n2c1sc1ccccc12)C1=NCCN1. The number of anilines is 1. The molecule has 0 aliphatic carbocycles. The van der Waals surface area contributed by atoms with Crippen LogP contribution in [0.5, 0.6) is 0 Å². The van der Waals surface area contributed by atoms with Crippen molar-refractivity contribution in [3.8, 4) is 0 Å². The van der Waals surface area contributed by atoms with Crippen molar-refractivity contribution in [3.63, 3.8) is 0 Å². The highest BCUT2D eigenvalue weighted by molar-refractivity contribution is 7.24. The average Bonchev–Trinajstić information content (AvgIpc) is 3.53. The highest BCUT2D eigenvalue weighted by Crippen LogP contribution is 2.32. The molecule has 10 nitrogen and oxygen atoms in total. The molecular weight excluding hydrogens is 485 g/mol. The van der Waals surface area contributed by atoms with E-state index in [1.165, 1.54) is 17.4 Å². The average molecular weight is 510 g/mol. The van der Waals surface area contributed by atoms with Crippen LogP contribution < -0.4 is 26.7 Å². The van der Waals surface area contributed by atoms with Crippen molar-refractivity contribution in [2.75, 3.05) is 44.3 Å². The number of aromatic nitrogens is 2. The van der Waals surface area contributed by atoms with E-state index in [2.05, 4.69) is 20.6 Å². The van der Waals surface area contributed by atoms with Gasteiger partial charge in [0.2, 0.25) is 5.43 Å². The smallest absolute Gasteiger partial charge is 0.260 e. The first-order valence-corrected chi connectivity index (χ1v) is 12.5. The maximum atomic E-state index is 15.3. The van der Waals surface area contributed by atoms with Crippen LogP contribution in [-0.2, 0) is 4.74 Å². The molecule has 1 amide bonds. The highest BCUT2D eigenvalue weighted by Gasteiger charge is 2.33. The van der Waals surface area contributed by atoms with Gasteiger partial charge in [-0.2, -0.15) is 0 Å². The summed E-state index contributed by atoms with van der Waals surface area (Å²) in [5, 5.41) is 5.81. The lowest BCUT2D eigenvalue weighted by atomic mass is 10.1. The van der Waals surface area contributed by atoms with Gasteiger partial charge in [0.1, 0.15) is 21.9 Å². The number of para-hydroxylation sites is 1. The number of pyridine rings is 2. The minimum absolute atomic E-state index is 0.0192. The molecule has 4 N–H and O–H groups in total. The van der Waals surface area contributed by atoms with Gasteiger partial charge in [0.25, 0.3) is 5.91 Å². The molecule has 2 aliphatic heterocycles. The molecule has 1 atom stereocenters. The Hall–Kier alpha value is -3.61. The van der Waals surface area contributed by atoms with Crippen LogP contribution in [0, 0.1) is 5.82 Å². The number of rotatable bonds is 4. The van der Waals surface area contributed by atoms with Crippen LogP contribution >= 0.6 is 11.3 Å². The van der Waals surface area contributed by atoms with Gasteiger partial charge < -0.3 is 26.0 Å². The topological polar surface area (TPSA) is 126 Å². The van der Waals surface area contributed by atoms with Crippen LogP contribution in [-0.4, -0.2) is 66.2 Å². The largest absolute Gasteiger partial charge is 0.378 e. The number of carbonyl (C=O) groups is 1. The minimum atomic E-state index is -1.31. The number of benzene rings is 1. The number of ether oxygens (including phenoxy) is 1. The zero-order chi connectivity index (χ0) is 25.0. The predicted molar refractivity (Wildman–Crippen MR) is 138 cm³/mol. The molecule has 6 rings (SSSR count). The van der Waals surface area contributed by atoms with E-state index in [9.17, 15) is 9.59 Å². The summed E-state index contributed by atoms with van der Waals surface area (Å²) in [5.41, 5.74) is 5.38. The van der Waals surface area contributed by atoms with Crippen molar-refractivity contribution < 1.29 is 13.9 Å². The fourth-order valence-corrected chi connectivity index (χ4v) is 5.88. The number of hydrogen-bond acceptors (Lipinski definition) is 9. The summed E-state index contributed by atoms with van der Waals surface area (Å²) in [5.74, 6) is -0.691. The fourth-order valence-electron chi connectivity index (χ4n) is 4.70. The van der Waals surface area contributed by atoms with Crippen LogP contribution in [0.4, 0.5) is 10.2 Å². The second-order valence-electron chi connectivity index (χ2n) is 8.99. The van der Waals surface area contributed by atoms with Gasteiger partial charge in [-0.25, -0.2) is 9.37 Å². The molecule has 0 spiro atoms. The molecule has 5 heterocycles. The third-order valence-electron chi connectivity index (χ3n) is 6.43. The lowest BCUT2D eigenvalue weighted by molar-refractivity contribution is 0.0929. The second kappa shape index (κ2) is 8.50. The Bertz CT molecular complexity index is 1620. The molecule has 186 valence electrons. The summed E-state index contributed by atoms with van der Waals surface area (Å²) >= 11 is 1.30. The number of halogens is 1. The first kappa shape index (κ1) is 22.8. The number of fused-ring (bicyclic) bond motifs is 5. The Morgan fingerprint density at radius 3 is 2.83 bits per heavy atom. The molecule has 1 fully saturated rings. The molecule has 2 aliphatic rings. The van der Waals surface area contributed by atoms with E-state index < -0.39 is 22.8 Å². The first-order valence-electron chi connectivity index (χ1n) is 11.6. The van der Waals surface area contributed by atoms with E-state index in [0.717, 1.165) is 10.2 Å². The van der Waals surface area contributed by atoms with Gasteiger partial charge in [-0.05, 0) is 25.1 Å². The number of carbonyl (C=O) groups excluding carboxylic acids is 1. The molecule has 36 heavy (non-hydrogen) atoms. The summed E-state index contributed by atoms with van der Waals surface area (Å²) in [4.78, 5) is 38.4. The van der Waals surface area contributed by atoms with Crippen LogP contribution in [0.25, 0.3) is 26.1 Å². The molecule has 0 radical (unpaired) electrons. The van der Waals surface area contributed by atoms with Gasteiger partial charge in [0.15, 0.2) is 17.3 Å². The Labute approximate surface area is 208 Å². The quantitative estimate of drug-likeness (QED) is 0.356. The van der Waals surface area contributed by atoms with E-state index in [-0.39, 0.29) is 16.8 Å². The van der Waals surface area contributed by atoms with Crippen molar-refractivity contribution in [1.82, 2.24) is 20.0 Å². The Morgan fingerprint density at radius 1 is 1.31 bits per heavy atom. The zero-order valence-electron chi connectivity index (χ0n) is 19.5. The minimum Gasteiger partial charge on any atom is -0.378 e. The Morgan fingerprint density at radius 2 is 2.08 bits per heavy atom. The number of nitrogens with two attached hydrogens (primary N) is 1. The standard InChI is InChI=1S/C24H24FN7O3S/c1-24(26,23-27-6-7-28-23)30-21(34)17-18(33)13-12-14(25)20(31-8-10-35-11-9-31)29-19(13)32-15-4-2-3-5-16(15)36-22(17)32/h2-5,12H,6-11,26H2,1H3,(H,27,28)(H,30,34). The van der Waals surface area contributed by atoms with Gasteiger partial charge in [-0.1, -0.05) is 12.1 Å². The van der Waals surface area contributed by atoms with E-state index >= 15 is 4.39 Å². The number of nitrogens with one attached hydrogen (secondary N) is 2. The lowest BCUT2D eigenvalue weighted by Crippen LogP contribution is -2.62. The van der Waals surface area contributed by atoms with Crippen molar-refractivity contribution >= 4 is 55.0 Å². The molecule has 1 aromatic carbocycles. The summed E-state index contributed by atoms with van der Waals surface area (Å²) in [6, 6.07) is 8.71. The second-order valence-corrected chi connectivity index (χ2v) is 10.0. The van der Waals surface area contributed by atoms with Crippen molar-refractivity contribution in [1.29, 1.82) is 0 Å². The van der Waals surface area contributed by atoms with Crippen LogP contribution in [0.1, 0.15) is 17.3 Å². The van der Waals surface area contributed by atoms with Gasteiger partial charge >= 0.3 is 0 Å². The number of morpholine rings is 1. The number of amides is 1. The molecule has 1 saturated heterocycles. The van der Waals surface area contributed by atoms with Crippen LogP contribution in [0.3, 0.4) is 0 Å². The van der Waals surface area contributed by atoms with E-state index in [1.807, 2.05) is 24.3 Å². The molecule has 12 heteroatoms. The monoisotopic (exact) mass is 509 g/mol.